The van der Waals surface area contributed by atoms with Gasteiger partial charge in [0.05, 0.1) is 0 Å². The average Bonchev–Trinajstić information content (AvgIpc) is 3.00. The molecule has 0 radical (unpaired) electrons. The van der Waals surface area contributed by atoms with Crippen LogP contribution in [0.5, 0.6) is 0 Å². The van der Waals surface area contributed by atoms with E-state index in [1.807, 2.05) is 0 Å². The predicted octanol–water partition coefficient (Wildman–Crippen LogP) is 2.15. The molecule has 1 unspecified atom stereocenters. The molecule has 14 heavy (non-hydrogen) atoms. The minimum Gasteiger partial charge on any atom is -0.313 e. The Balaban J connectivity index is 1.97. The first-order chi connectivity index (χ1) is 6.76. The molecule has 84 valence electrons. The van der Waals surface area contributed by atoms with E-state index >= 15 is 0 Å². The first kappa shape index (κ1) is 12.0. The van der Waals surface area contributed by atoms with E-state index in [4.69, 9.17) is 0 Å². The molecule has 1 rings (SSSR count). The fraction of sp³-hybridized carbons (Fsp3) is 1.00. The summed E-state index contributed by atoms with van der Waals surface area (Å²) in [6.45, 7) is 9.15. The van der Waals surface area contributed by atoms with Crippen LogP contribution in [0.2, 0.25) is 0 Å². The molecule has 0 spiro atoms. The maximum atomic E-state index is 3.61. The standard InChI is InChI=1S/C12H26N2/c1-4-11(5-2)9-13-10(3)8-14-12-6-7-12/h10-14H,4-9H2,1-3H3. The molecule has 1 atom stereocenters. The summed E-state index contributed by atoms with van der Waals surface area (Å²) in [6.07, 6.45) is 5.37. The zero-order valence-corrected chi connectivity index (χ0v) is 9.97. The third kappa shape index (κ3) is 4.97. The normalized spacial score (nSPS) is 18.9. The maximum Gasteiger partial charge on any atom is 0.0164 e. The molecule has 0 saturated heterocycles. The fourth-order valence-electron chi connectivity index (χ4n) is 1.65. The SMILES string of the molecule is CCC(CC)CNC(C)CNC1CC1. The first-order valence-corrected chi connectivity index (χ1v) is 6.23. The van der Waals surface area contributed by atoms with Crippen LogP contribution >= 0.6 is 0 Å². The Morgan fingerprint density at radius 2 is 1.79 bits per heavy atom. The second-order valence-electron chi connectivity index (χ2n) is 4.67. The number of hydrogen-bond donors (Lipinski definition) is 2. The van der Waals surface area contributed by atoms with Crippen molar-refractivity contribution >= 4 is 0 Å². The Bertz CT molecular complexity index is 139. The Morgan fingerprint density at radius 1 is 1.14 bits per heavy atom. The second-order valence-corrected chi connectivity index (χ2v) is 4.67. The van der Waals surface area contributed by atoms with E-state index in [1.165, 1.54) is 32.2 Å². The van der Waals surface area contributed by atoms with Crippen molar-refractivity contribution in [1.29, 1.82) is 0 Å². The lowest BCUT2D eigenvalue weighted by Gasteiger charge is -2.18. The number of nitrogens with one attached hydrogen (secondary N) is 2. The van der Waals surface area contributed by atoms with Gasteiger partial charge in [-0.3, -0.25) is 0 Å². The van der Waals surface area contributed by atoms with E-state index in [0.29, 0.717) is 6.04 Å². The summed E-state index contributed by atoms with van der Waals surface area (Å²) < 4.78 is 0. The molecule has 1 saturated carbocycles. The maximum absolute atomic E-state index is 3.61. The van der Waals surface area contributed by atoms with Gasteiger partial charge in [0.15, 0.2) is 0 Å². The topological polar surface area (TPSA) is 24.1 Å². The quantitative estimate of drug-likeness (QED) is 0.624. The largest absolute Gasteiger partial charge is 0.313 e. The third-order valence-electron chi connectivity index (χ3n) is 3.20. The van der Waals surface area contributed by atoms with E-state index in [9.17, 15) is 0 Å². The van der Waals surface area contributed by atoms with Crippen LogP contribution in [0.3, 0.4) is 0 Å². The Kier molecular flexibility index (Phi) is 5.49. The van der Waals surface area contributed by atoms with Crippen molar-refractivity contribution in [2.45, 2.75) is 58.5 Å². The minimum atomic E-state index is 0.621. The summed E-state index contributed by atoms with van der Waals surface area (Å²) in [5, 5.41) is 7.16. The molecule has 0 aromatic carbocycles. The van der Waals surface area contributed by atoms with Crippen LogP contribution in [0.1, 0.15) is 46.5 Å². The van der Waals surface area contributed by atoms with Crippen LogP contribution in [0.25, 0.3) is 0 Å². The molecule has 0 heterocycles. The zero-order chi connectivity index (χ0) is 10.4. The van der Waals surface area contributed by atoms with Gasteiger partial charge in [0.2, 0.25) is 0 Å². The molecular formula is C12H26N2. The fourth-order valence-corrected chi connectivity index (χ4v) is 1.65. The summed E-state index contributed by atoms with van der Waals surface area (Å²) in [4.78, 5) is 0. The number of hydrogen-bond acceptors (Lipinski definition) is 2. The van der Waals surface area contributed by atoms with Crippen LogP contribution in [0, 0.1) is 5.92 Å². The summed E-state index contributed by atoms with van der Waals surface area (Å²) in [5.74, 6) is 0.860. The highest BCUT2D eigenvalue weighted by Gasteiger charge is 2.20. The first-order valence-electron chi connectivity index (χ1n) is 6.23. The molecule has 1 aliphatic carbocycles. The molecule has 0 aliphatic heterocycles. The lowest BCUT2D eigenvalue weighted by molar-refractivity contribution is 0.407. The van der Waals surface area contributed by atoms with Crippen molar-refractivity contribution in [1.82, 2.24) is 10.6 Å². The second kappa shape index (κ2) is 6.41. The van der Waals surface area contributed by atoms with E-state index in [-0.39, 0.29) is 0 Å². The lowest BCUT2D eigenvalue weighted by atomic mass is 10.0. The Labute approximate surface area is 88.8 Å². The molecule has 2 heteroatoms. The molecule has 0 bridgehead atoms. The van der Waals surface area contributed by atoms with Gasteiger partial charge in [0.1, 0.15) is 0 Å². The summed E-state index contributed by atoms with van der Waals surface area (Å²) >= 11 is 0. The molecule has 1 fully saturated rings. The average molecular weight is 198 g/mol. The smallest absolute Gasteiger partial charge is 0.0164 e. The molecule has 2 nitrogen and oxygen atoms in total. The van der Waals surface area contributed by atoms with Crippen LogP contribution in [-0.2, 0) is 0 Å². The van der Waals surface area contributed by atoms with Crippen molar-refractivity contribution < 1.29 is 0 Å². The van der Waals surface area contributed by atoms with Gasteiger partial charge in [-0.25, -0.2) is 0 Å². The highest BCUT2D eigenvalue weighted by atomic mass is 15.0. The van der Waals surface area contributed by atoms with E-state index in [1.54, 1.807) is 0 Å². The van der Waals surface area contributed by atoms with E-state index < -0.39 is 0 Å². The summed E-state index contributed by atoms with van der Waals surface area (Å²) in [5.41, 5.74) is 0. The van der Waals surface area contributed by atoms with Gasteiger partial charge in [0.25, 0.3) is 0 Å². The molecular weight excluding hydrogens is 172 g/mol. The monoisotopic (exact) mass is 198 g/mol. The van der Waals surface area contributed by atoms with Crippen molar-refractivity contribution in [3.63, 3.8) is 0 Å². The zero-order valence-electron chi connectivity index (χ0n) is 9.97. The van der Waals surface area contributed by atoms with E-state index in [2.05, 4.69) is 31.4 Å². The van der Waals surface area contributed by atoms with Gasteiger partial charge in [0, 0.05) is 18.6 Å². The third-order valence-corrected chi connectivity index (χ3v) is 3.20. The van der Waals surface area contributed by atoms with Crippen molar-refractivity contribution in [2.24, 2.45) is 5.92 Å². The Hall–Kier alpha value is -0.0800. The van der Waals surface area contributed by atoms with Crippen molar-refractivity contribution in [3.05, 3.63) is 0 Å². The summed E-state index contributed by atoms with van der Waals surface area (Å²) in [6, 6.07) is 1.46. The Morgan fingerprint density at radius 3 is 2.29 bits per heavy atom. The van der Waals surface area contributed by atoms with Crippen molar-refractivity contribution in [3.8, 4) is 0 Å². The van der Waals surface area contributed by atoms with Crippen LogP contribution < -0.4 is 10.6 Å². The van der Waals surface area contributed by atoms with Crippen LogP contribution in [-0.4, -0.2) is 25.2 Å². The lowest BCUT2D eigenvalue weighted by Crippen LogP contribution is -2.39. The molecule has 0 amide bonds. The van der Waals surface area contributed by atoms with Gasteiger partial charge in [-0.05, 0) is 32.2 Å². The molecule has 0 aromatic rings. The van der Waals surface area contributed by atoms with Gasteiger partial charge in [-0.1, -0.05) is 26.7 Å². The molecule has 0 aromatic heterocycles. The van der Waals surface area contributed by atoms with Gasteiger partial charge < -0.3 is 10.6 Å². The van der Waals surface area contributed by atoms with Crippen LogP contribution in [0.4, 0.5) is 0 Å². The van der Waals surface area contributed by atoms with Crippen LogP contribution in [0.15, 0.2) is 0 Å². The minimum absolute atomic E-state index is 0.621. The summed E-state index contributed by atoms with van der Waals surface area (Å²) in [7, 11) is 0. The predicted molar refractivity (Wildman–Crippen MR) is 62.6 cm³/mol. The van der Waals surface area contributed by atoms with Crippen molar-refractivity contribution in [2.75, 3.05) is 13.1 Å². The van der Waals surface area contributed by atoms with Gasteiger partial charge in [-0.2, -0.15) is 0 Å². The highest BCUT2D eigenvalue weighted by Crippen LogP contribution is 2.18. The molecule has 1 aliphatic rings. The molecule has 2 N–H and O–H groups in total. The van der Waals surface area contributed by atoms with Gasteiger partial charge in [-0.15, -0.1) is 0 Å². The van der Waals surface area contributed by atoms with Gasteiger partial charge >= 0.3 is 0 Å². The number of rotatable bonds is 8. The van der Waals surface area contributed by atoms with E-state index in [0.717, 1.165) is 18.5 Å². The highest BCUT2D eigenvalue weighted by molar-refractivity contribution is 4.82.